The highest BCUT2D eigenvalue weighted by Gasteiger charge is 2.24. The molecule has 0 amide bonds. The summed E-state index contributed by atoms with van der Waals surface area (Å²) in [7, 11) is 0. The van der Waals surface area contributed by atoms with Gasteiger partial charge in [0.15, 0.2) is 0 Å². The molecule has 0 atom stereocenters. The van der Waals surface area contributed by atoms with Crippen LogP contribution in [0.25, 0.3) is 165 Å². The Hall–Kier alpha value is -10.5. The number of hydrogen-bond acceptors (Lipinski definition) is 1. The lowest BCUT2D eigenvalue weighted by atomic mass is 9.84. The summed E-state index contributed by atoms with van der Waals surface area (Å²) < 4.78 is 11.9. The van der Waals surface area contributed by atoms with Crippen LogP contribution in [0.2, 0.25) is 0 Å². The largest absolute Gasteiger partial charge is 0.456 e. The number of benzene rings is 14. The van der Waals surface area contributed by atoms with Gasteiger partial charge < -0.3 is 13.6 Å². The van der Waals surface area contributed by atoms with Crippen molar-refractivity contribution in [3.63, 3.8) is 0 Å². The minimum atomic E-state index is 0.865. The molecule has 79 heavy (non-hydrogen) atoms. The highest BCUT2D eigenvalue weighted by molar-refractivity contribution is 6.27. The number of hydrogen-bond donors (Lipinski definition) is 0. The molecule has 17 aromatic rings. The third kappa shape index (κ3) is 6.42. The Morgan fingerprint density at radius 3 is 0.987 bits per heavy atom. The maximum Gasteiger partial charge on any atom is 0.136 e. The van der Waals surface area contributed by atoms with E-state index >= 15 is 0 Å². The van der Waals surface area contributed by atoms with Crippen LogP contribution in [-0.4, -0.2) is 9.13 Å². The molecule has 0 saturated heterocycles. The van der Waals surface area contributed by atoms with Gasteiger partial charge in [-0.05, 0) is 154 Å². The molecule has 0 radical (unpaired) electrons. The third-order valence-corrected chi connectivity index (χ3v) is 16.9. The van der Waals surface area contributed by atoms with Crippen LogP contribution in [-0.2, 0) is 0 Å². The third-order valence-electron chi connectivity index (χ3n) is 16.9. The van der Waals surface area contributed by atoms with Gasteiger partial charge in [-0.3, -0.25) is 0 Å². The van der Waals surface area contributed by atoms with Crippen molar-refractivity contribution in [1.29, 1.82) is 0 Å². The Kier molecular flexibility index (Phi) is 9.42. The molecule has 366 valence electrons. The summed E-state index contributed by atoms with van der Waals surface area (Å²) >= 11 is 0. The highest BCUT2D eigenvalue weighted by Crippen LogP contribution is 2.50. The van der Waals surface area contributed by atoms with E-state index in [0.717, 1.165) is 44.4 Å². The summed E-state index contributed by atoms with van der Waals surface area (Å²) in [4.78, 5) is 0. The topological polar surface area (TPSA) is 23.0 Å². The molecule has 0 aliphatic heterocycles. The van der Waals surface area contributed by atoms with Gasteiger partial charge in [-0.1, -0.05) is 212 Å². The molecular weight excluding hydrogens is 957 g/mol. The summed E-state index contributed by atoms with van der Waals surface area (Å²) in [6.07, 6.45) is 0. The minimum Gasteiger partial charge on any atom is -0.456 e. The second-order valence-electron chi connectivity index (χ2n) is 21.0. The van der Waals surface area contributed by atoms with Crippen molar-refractivity contribution in [3.05, 3.63) is 279 Å². The van der Waals surface area contributed by atoms with Gasteiger partial charge in [0.25, 0.3) is 0 Å². The van der Waals surface area contributed by atoms with Gasteiger partial charge in [0.1, 0.15) is 11.2 Å². The average Bonchev–Trinajstić information content (AvgIpc) is 4.36. The van der Waals surface area contributed by atoms with Crippen molar-refractivity contribution >= 4 is 109 Å². The lowest BCUT2D eigenvalue weighted by Crippen LogP contribution is -1.94. The van der Waals surface area contributed by atoms with Crippen molar-refractivity contribution in [2.75, 3.05) is 0 Å². The van der Waals surface area contributed by atoms with Crippen LogP contribution in [0.5, 0.6) is 0 Å². The molecule has 0 N–H and O–H groups in total. The Morgan fingerprint density at radius 1 is 0.215 bits per heavy atom. The second kappa shape index (κ2) is 17.0. The Morgan fingerprint density at radius 2 is 0.557 bits per heavy atom. The van der Waals surface area contributed by atoms with Crippen LogP contribution in [0.15, 0.2) is 283 Å². The Balaban J connectivity index is 0.848. The van der Waals surface area contributed by atoms with Crippen molar-refractivity contribution in [2.24, 2.45) is 0 Å². The maximum atomic E-state index is 7.03. The van der Waals surface area contributed by atoms with Crippen molar-refractivity contribution in [3.8, 4) is 55.9 Å². The van der Waals surface area contributed by atoms with E-state index in [1.807, 2.05) is 0 Å². The van der Waals surface area contributed by atoms with Gasteiger partial charge >= 0.3 is 0 Å². The monoisotopic (exact) mass is 1000 g/mol. The van der Waals surface area contributed by atoms with E-state index in [9.17, 15) is 0 Å². The summed E-state index contributed by atoms with van der Waals surface area (Å²) in [6, 6.07) is 102. The molecule has 17 rings (SSSR count). The molecule has 0 spiro atoms. The van der Waals surface area contributed by atoms with Crippen LogP contribution >= 0.6 is 0 Å². The summed E-state index contributed by atoms with van der Waals surface area (Å²) in [6.45, 7) is 0. The molecule has 0 unspecified atom stereocenters. The number of nitrogens with zero attached hydrogens (tertiary/aromatic N) is 2. The fraction of sp³-hybridized carbons (Fsp3) is 0. The smallest absolute Gasteiger partial charge is 0.136 e. The van der Waals surface area contributed by atoms with Gasteiger partial charge in [-0.2, -0.15) is 0 Å². The standard InChI is InChI=1S/C76H46N2O/c1-3-20-50(21-4-1)77-66-35-17-15-24-52(66)54-41-38-47(44-68(54)77)72-56-26-7-9-28-58(56)74(59-29-10-8-27-57(59)72)49-40-43-64-71(46-49)79-70-37-19-34-65(76(64)70)75-62-32-13-11-30-60(62)73(61-31-12-14-33-63(61)75)48-39-42-55-53-25-16-18-36-67(53)78(69(55)45-48)51-22-5-2-6-23-51/h1-46H. The number of rotatable bonds is 6. The van der Waals surface area contributed by atoms with E-state index in [1.165, 1.54) is 120 Å². The summed E-state index contributed by atoms with van der Waals surface area (Å²) in [5.41, 5.74) is 18.3. The van der Waals surface area contributed by atoms with Crippen LogP contribution in [0.3, 0.4) is 0 Å². The SMILES string of the molecule is c1ccc(-n2c3ccccc3c3ccc(-c4c5ccccc5c(-c5ccc6c(c5)oc5cccc(-c7c8ccccc8c(-c8ccc9c%10ccccc%10n(-c%10ccccc%10)c9c8)c8ccccc78)c56)c5ccccc45)cc32)cc1. The number of aromatic nitrogens is 2. The predicted octanol–water partition coefficient (Wildman–Crippen LogP) is 21.1. The zero-order valence-electron chi connectivity index (χ0n) is 42.9. The van der Waals surface area contributed by atoms with Crippen molar-refractivity contribution in [1.82, 2.24) is 9.13 Å². The minimum absolute atomic E-state index is 0.865. The first kappa shape index (κ1) is 43.7. The van der Waals surface area contributed by atoms with Gasteiger partial charge in [0.05, 0.1) is 22.1 Å². The molecule has 3 heteroatoms. The molecule has 14 aromatic carbocycles. The van der Waals surface area contributed by atoms with Gasteiger partial charge in [-0.25, -0.2) is 0 Å². The maximum absolute atomic E-state index is 7.03. The molecule has 0 bridgehead atoms. The van der Waals surface area contributed by atoms with E-state index in [-0.39, 0.29) is 0 Å². The van der Waals surface area contributed by atoms with E-state index in [4.69, 9.17) is 4.42 Å². The van der Waals surface area contributed by atoms with Crippen molar-refractivity contribution in [2.45, 2.75) is 0 Å². The van der Waals surface area contributed by atoms with Crippen LogP contribution in [0.4, 0.5) is 0 Å². The van der Waals surface area contributed by atoms with E-state index < -0.39 is 0 Å². The highest BCUT2D eigenvalue weighted by atomic mass is 16.3. The zero-order chi connectivity index (χ0) is 51.7. The number of para-hydroxylation sites is 4. The molecule has 0 aliphatic carbocycles. The first-order chi connectivity index (χ1) is 39.2. The Labute approximate surface area is 454 Å². The second-order valence-corrected chi connectivity index (χ2v) is 21.0. The molecule has 0 aliphatic rings. The number of fused-ring (bicyclic) bond motifs is 13. The van der Waals surface area contributed by atoms with Gasteiger partial charge in [-0.15, -0.1) is 0 Å². The normalized spacial score (nSPS) is 12.1. The zero-order valence-corrected chi connectivity index (χ0v) is 42.9. The molecule has 3 heterocycles. The summed E-state index contributed by atoms with van der Waals surface area (Å²) in [5.74, 6) is 0. The number of furan rings is 1. The molecular formula is C76H46N2O. The van der Waals surface area contributed by atoms with E-state index in [1.54, 1.807) is 0 Å². The van der Waals surface area contributed by atoms with E-state index in [0.29, 0.717) is 0 Å². The van der Waals surface area contributed by atoms with Crippen LogP contribution < -0.4 is 0 Å². The lowest BCUT2D eigenvalue weighted by Gasteiger charge is -2.19. The predicted molar refractivity (Wildman–Crippen MR) is 334 cm³/mol. The summed E-state index contributed by atoms with van der Waals surface area (Å²) in [5, 5.41) is 16.9. The Bertz CT molecular complexity index is 5250. The fourth-order valence-corrected chi connectivity index (χ4v) is 13.6. The van der Waals surface area contributed by atoms with Crippen LogP contribution in [0, 0.1) is 0 Å². The molecule has 3 aromatic heterocycles. The lowest BCUT2D eigenvalue weighted by molar-refractivity contribution is 0.669. The fourth-order valence-electron chi connectivity index (χ4n) is 13.6. The van der Waals surface area contributed by atoms with Crippen LogP contribution in [0.1, 0.15) is 0 Å². The average molecular weight is 1000 g/mol. The quantitative estimate of drug-likeness (QED) is 0.152. The van der Waals surface area contributed by atoms with E-state index in [2.05, 4.69) is 288 Å². The molecule has 0 fully saturated rings. The molecule has 3 nitrogen and oxygen atoms in total. The van der Waals surface area contributed by atoms with Crippen molar-refractivity contribution < 1.29 is 4.42 Å². The van der Waals surface area contributed by atoms with Gasteiger partial charge in [0.2, 0.25) is 0 Å². The molecule has 0 saturated carbocycles. The first-order valence-corrected chi connectivity index (χ1v) is 27.2. The van der Waals surface area contributed by atoms with Gasteiger partial charge in [0, 0.05) is 43.7 Å². The first-order valence-electron chi connectivity index (χ1n) is 27.2.